The van der Waals surface area contributed by atoms with Gasteiger partial charge in [-0.3, -0.25) is 15.6 Å². The molecule has 1 amide bonds. The van der Waals surface area contributed by atoms with Crippen LogP contribution in [-0.2, 0) is 17.6 Å². The molecule has 0 fully saturated rings. The van der Waals surface area contributed by atoms with Crippen LogP contribution in [0.4, 0.5) is 0 Å². The zero-order valence-corrected chi connectivity index (χ0v) is 13.9. The van der Waals surface area contributed by atoms with Gasteiger partial charge in [0, 0.05) is 18.7 Å². The van der Waals surface area contributed by atoms with E-state index in [9.17, 15) is 4.79 Å². The van der Waals surface area contributed by atoms with Gasteiger partial charge in [-0.25, -0.2) is 0 Å². The average Bonchev–Trinajstić information content (AvgIpc) is 2.52. The second-order valence-electron chi connectivity index (χ2n) is 5.60. The molecule has 0 spiro atoms. The van der Waals surface area contributed by atoms with E-state index in [1.54, 1.807) is 7.11 Å². The van der Waals surface area contributed by atoms with E-state index in [1.165, 1.54) is 24.0 Å². The van der Waals surface area contributed by atoms with Gasteiger partial charge in [0.05, 0.1) is 6.61 Å². The Kier molecular flexibility index (Phi) is 6.15. The number of aryl methyl sites for hydroxylation is 2. The maximum absolute atomic E-state index is 12.2. The minimum absolute atomic E-state index is 0.0747. The van der Waals surface area contributed by atoms with Gasteiger partial charge in [-0.05, 0) is 68.1 Å². The normalized spacial score (nSPS) is 14.6. The van der Waals surface area contributed by atoms with Gasteiger partial charge in [-0.15, -0.1) is 0 Å². The number of nitrogens with one attached hydrogen (secondary N) is 3. The number of amides is 1. The van der Waals surface area contributed by atoms with E-state index in [2.05, 4.69) is 22.2 Å². The summed E-state index contributed by atoms with van der Waals surface area (Å²) in [6.07, 6.45) is 4.60. The van der Waals surface area contributed by atoms with Crippen molar-refractivity contribution in [3.05, 3.63) is 34.9 Å². The molecule has 2 rings (SSSR count). The van der Waals surface area contributed by atoms with Crippen molar-refractivity contribution in [2.45, 2.75) is 38.6 Å². The van der Waals surface area contributed by atoms with Gasteiger partial charge in [0.1, 0.15) is 0 Å². The zero-order valence-electron chi connectivity index (χ0n) is 13.1. The maximum atomic E-state index is 12.2. The zero-order chi connectivity index (χ0) is 15.9. The molecule has 1 aromatic carbocycles. The summed E-state index contributed by atoms with van der Waals surface area (Å²) >= 11 is 5.12. The predicted molar refractivity (Wildman–Crippen MR) is 90.8 cm³/mol. The Hall–Kier alpha value is -1.66. The highest BCUT2D eigenvalue weighted by molar-refractivity contribution is 7.80. The monoisotopic (exact) mass is 321 g/mol. The van der Waals surface area contributed by atoms with E-state index in [0.29, 0.717) is 17.3 Å². The number of ether oxygens (including phenoxy) is 1. The first kappa shape index (κ1) is 16.7. The molecule has 3 N–H and O–H groups in total. The van der Waals surface area contributed by atoms with Crippen molar-refractivity contribution in [1.29, 1.82) is 0 Å². The Morgan fingerprint density at radius 1 is 1.27 bits per heavy atom. The second-order valence-corrected chi connectivity index (χ2v) is 6.01. The smallest absolute Gasteiger partial charge is 0.269 e. The maximum Gasteiger partial charge on any atom is 0.269 e. The van der Waals surface area contributed by atoms with Crippen molar-refractivity contribution in [1.82, 2.24) is 16.2 Å². The lowest BCUT2D eigenvalue weighted by Crippen LogP contribution is -2.49. The van der Waals surface area contributed by atoms with Gasteiger partial charge in [0.2, 0.25) is 0 Å². The molecule has 1 atom stereocenters. The first-order valence-corrected chi connectivity index (χ1v) is 7.98. The molecule has 6 heteroatoms. The Balaban J connectivity index is 1.86. The molecule has 0 saturated carbocycles. The van der Waals surface area contributed by atoms with Crippen LogP contribution in [0, 0.1) is 0 Å². The minimum atomic E-state index is -0.183. The third-order valence-electron chi connectivity index (χ3n) is 3.69. The highest BCUT2D eigenvalue weighted by atomic mass is 32.1. The number of hydrogen-bond donors (Lipinski definition) is 3. The molecule has 0 aliphatic heterocycles. The summed E-state index contributed by atoms with van der Waals surface area (Å²) in [7, 11) is 1.63. The highest BCUT2D eigenvalue weighted by Crippen LogP contribution is 2.22. The molecule has 0 heterocycles. The molecule has 1 aliphatic carbocycles. The quantitative estimate of drug-likeness (QED) is 0.582. The number of methoxy groups -OCH3 is 1. The van der Waals surface area contributed by atoms with Gasteiger partial charge in [-0.1, -0.05) is 6.07 Å². The summed E-state index contributed by atoms with van der Waals surface area (Å²) in [6, 6.07) is 5.98. The Labute approximate surface area is 136 Å². The average molecular weight is 321 g/mol. The third kappa shape index (κ3) is 4.68. The predicted octanol–water partition coefficient (Wildman–Crippen LogP) is 1.71. The fraction of sp³-hybridized carbons (Fsp3) is 0.500. The van der Waals surface area contributed by atoms with Gasteiger partial charge in [0.25, 0.3) is 5.91 Å². The van der Waals surface area contributed by atoms with Crippen LogP contribution in [-0.4, -0.2) is 30.8 Å². The number of carbonyl (C=O) groups is 1. The SMILES string of the molecule is COC[C@@H](C)NC(=S)NNC(=O)c1ccc2c(c1)CCCC2. The van der Waals surface area contributed by atoms with Crippen LogP contribution in [0.25, 0.3) is 0 Å². The summed E-state index contributed by atoms with van der Waals surface area (Å²) in [6.45, 7) is 2.49. The first-order valence-electron chi connectivity index (χ1n) is 7.57. The molecule has 0 aromatic heterocycles. The van der Waals surface area contributed by atoms with E-state index in [4.69, 9.17) is 17.0 Å². The number of fused-ring (bicyclic) bond motifs is 1. The van der Waals surface area contributed by atoms with E-state index in [-0.39, 0.29) is 11.9 Å². The molecule has 0 saturated heterocycles. The van der Waals surface area contributed by atoms with Crippen LogP contribution in [0.5, 0.6) is 0 Å². The molecule has 0 radical (unpaired) electrons. The summed E-state index contributed by atoms with van der Waals surface area (Å²) in [5.74, 6) is -0.183. The van der Waals surface area contributed by atoms with Crippen molar-refractivity contribution in [3.63, 3.8) is 0 Å². The molecule has 22 heavy (non-hydrogen) atoms. The topological polar surface area (TPSA) is 62.4 Å². The molecule has 5 nitrogen and oxygen atoms in total. The van der Waals surface area contributed by atoms with E-state index in [0.717, 1.165) is 12.8 Å². The summed E-state index contributed by atoms with van der Waals surface area (Å²) in [4.78, 5) is 12.2. The molecule has 1 aromatic rings. The van der Waals surface area contributed by atoms with Crippen molar-refractivity contribution in [2.75, 3.05) is 13.7 Å². The number of carbonyl (C=O) groups excluding carboxylic acids is 1. The van der Waals surface area contributed by atoms with Crippen LogP contribution in [0.2, 0.25) is 0 Å². The summed E-state index contributed by atoms with van der Waals surface area (Å²) in [5.41, 5.74) is 8.64. The van der Waals surface area contributed by atoms with Gasteiger partial charge in [-0.2, -0.15) is 0 Å². The highest BCUT2D eigenvalue weighted by Gasteiger charge is 2.13. The van der Waals surface area contributed by atoms with Gasteiger partial charge < -0.3 is 10.1 Å². The molecular weight excluding hydrogens is 298 g/mol. The van der Waals surface area contributed by atoms with E-state index >= 15 is 0 Å². The summed E-state index contributed by atoms with van der Waals surface area (Å²) in [5, 5.41) is 3.39. The molecule has 0 bridgehead atoms. The second kappa shape index (κ2) is 8.10. The van der Waals surface area contributed by atoms with Gasteiger partial charge in [0.15, 0.2) is 5.11 Å². The Morgan fingerprint density at radius 3 is 2.73 bits per heavy atom. The third-order valence-corrected chi connectivity index (χ3v) is 3.91. The van der Waals surface area contributed by atoms with Crippen molar-refractivity contribution in [2.24, 2.45) is 0 Å². The van der Waals surface area contributed by atoms with Crippen LogP contribution >= 0.6 is 12.2 Å². The molecular formula is C16H23N3O2S. The van der Waals surface area contributed by atoms with Gasteiger partial charge >= 0.3 is 0 Å². The van der Waals surface area contributed by atoms with Crippen molar-refractivity contribution in [3.8, 4) is 0 Å². The lowest BCUT2D eigenvalue weighted by Gasteiger charge is -2.18. The lowest BCUT2D eigenvalue weighted by atomic mass is 9.90. The lowest BCUT2D eigenvalue weighted by molar-refractivity contribution is 0.0943. The number of rotatable bonds is 4. The minimum Gasteiger partial charge on any atom is -0.383 e. The van der Waals surface area contributed by atoms with E-state index in [1.807, 2.05) is 19.1 Å². The van der Waals surface area contributed by atoms with Crippen LogP contribution in [0.3, 0.4) is 0 Å². The number of thiocarbonyl (C=S) groups is 1. The number of benzene rings is 1. The molecule has 120 valence electrons. The Bertz CT molecular complexity index is 548. The van der Waals surface area contributed by atoms with Crippen molar-refractivity contribution < 1.29 is 9.53 Å². The number of hydrogen-bond acceptors (Lipinski definition) is 3. The molecule has 0 unspecified atom stereocenters. The van der Waals surface area contributed by atoms with E-state index < -0.39 is 0 Å². The van der Waals surface area contributed by atoms with Crippen LogP contribution in [0.1, 0.15) is 41.3 Å². The fourth-order valence-electron chi connectivity index (χ4n) is 2.61. The first-order chi connectivity index (χ1) is 10.6. The summed E-state index contributed by atoms with van der Waals surface area (Å²) < 4.78 is 5.01. The fourth-order valence-corrected chi connectivity index (χ4v) is 2.86. The largest absolute Gasteiger partial charge is 0.383 e. The Morgan fingerprint density at radius 2 is 2.00 bits per heavy atom. The number of hydrazine groups is 1. The van der Waals surface area contributed by atoms with Crippen LogP contribution < -0.4 is 16.2 Å². The van der Waals surface area contributed by atoms with Crippen molar-refractivity contribution >= 4 is 23.2 Å². The molecule has 1 aliphatic rings. The standard InChI is InChI=1S/C16H23N3O2S/c1-11(10-21-2)17-16(22)19-18-15(20)14-8-7-12-5-3-4-6-13(12)9-14/h7-9,11H,3-6,10H2,1-2H3,(H,18,20)(H2,17,19,22)/t11-/m1/s1. The van der Waals surface area contributed by atoms with Crippen LogP contribution in [0.15, 0.2) is 18.2 Å².